The molecule has 5 nitrogen and oxygen atoms in total. The van der Waals surface area contributed by atoms with Crippen LogP contribution in [0, 0.1) is 6.92 Å². The van der Waals surface area contributed by atoms with Crippen LogP contribution in [0.4, 0.5) is 0 Å². The van der Waals surface area contributed by atoms with Crippen molar-refractivity contribution in [2.45, 2.75) is 13.0 Å². The normalized spacial score (nSPS) is 16.0. The lowest BCUT2D eigenvalue weighted by Gasteiger charge is -2.27. The zero-order valence-electron chi connectivity index (χ0n) is 13.5. The van der Waals surface area contributed by atoms with E-state index in [1.165, 1.54) is 11.1 Å². The molecule has 2 heterocycles. The minimum absolute atomic E-state index is 0.0963. The first-order chi connectivity index (χ1) is 11.1. The molecule has 0 radical (unpaired) electrons. The van der Waals surface area contributed by atoms with Crippen molar-refractivity contribution >= 4 is 0 Å². The Morgan fingerprint density at radius 1 is 0.826 bits per heavy atom. The minimum Gasteiger partial charge on any atom is -0.454 e. The van der Waals surface area contributed by atoms with Crippen LogP contribution in [0.3, 0.4) is 0 Å². The van der Waals surface area contributed by atoms with Crippen molar-refractivity contribution in [3.8, 4) is 23.0 Å². The maximum Gasteiger partial charge on any atom is 0.231 e. The molecule has 2 aromatic rings. The van der Waals surface area contributed by atoms with Gasteiger partial charge >= 0.3 is 0 Å². The van der Waals surface area contributed by atoms with Crippen molar-refractivity contribution in [2.75, 3.05) is 27.7 Å². The first kappa shape index (κ1) is 14.2. The predicted molar refractivity (Wildman–Crippen MR) is 85.4 cm³/mol. The smallest absolute Gasteiger partial charge is 0.231 e. The van der Waals surface area contributed by atoms with Crippen molar-refractivity contribution in [1.29, 1.82) is 0 Å². The molecule has 23 heavy (non-hydrogen) atoms. The Morgan fingerprint density at radius 2 is 1.43 bits per heavy atom. The number of hydrogen-bond acceptors (Lipinski definition) is 5. The summed E-state index contributed by atoms with van der Waals surface area (Å²) in [6.07, 6.45) is 0. The molecule has 0 amide bonds. The summed E-state index contributed by atoms with van der Waals surface area (Å²) in [4.78, 5) is 2.18. The molecule has 0 aromatic heterocycles. The quantitative estimate of drug-likeness (QED) is 0.871. The molecule has 0 spiro atoms. The van der Waals surface area contributed by atoms with Gasteiger partial charge in [-0.15, -0.1) is 0 Å². The average molecular weight is 313 g/mol. The largest absolute Gasteiger partial charge is 0.454 e. The summed E-state index contributed by atoms with van der Waals surface area (Å²) in [5, 5.41) is 0. The van der Waals surface area contributed by atoms with E-state index in [0.29, 0.717) is 0 Å². The molecule has 120 valence electrons. The maximum absolute atomic E-state index is 5.55. The van der Waals surface area contributed by atoms with E-state index in [9.17, 15) is 0 Å². The lowest BCUT2D eigenvalue weighted by molar-refractivity contribution is 0.173. The zero-order valence-corrected chi connectivity index (χ0v) is 13.5. The van der Waals surface area contributed by atoms with Crippen LogP contribution in [0.1, 0.15) is 22.7 Å². The van der Waals surface area contributed by atoms with Crippen molar-refractivity contribution in [2.24, 2.45) is 0 Å². The minimum atomic E-state index is 0.0963. The summed E-state index contributed by atoms with van der Waals surface area (Å²) in [7, 11) is 4.14. The Morgan fingerprint density at radius 3 is 2.13 bits per heavy atom. The molecule has 0 fully saturated rings. The van der Waals surface area contributed by atoms with Crippen LogP contribution in [0.15, 0.2) is 30.3 Å². The molecule has 4 rings (SSSR count). The SMILES string of the molecule is Cc1cc2c(cc1[C@H](c1ccc3c(c1)OCO3)N(C)C)OCO2. The van der Waals surface area contributed by atoms with E-state index in [2.05, 4.69) is 44.1 Å². The first-order valence-corrected chi connectivity index (χ1v) is 7.59. The maximum atomic E-state index is 5.55. The van der Waals surface area contributed by atoms with Gasteiger partial charge in [0.25, 0.3) is 0 Å². The molecule has 0 bridgehead atoms. The third kappa shape index (κ3) is 2.37. The monoisotopic (exact) mass is 313 g/mol. The Bertz CT molecular complexity index is 757. The van der Waals surface area contributed by atoms with E-state index in [1.54, 1.807) is 0 Å². The highest BCUT2D eigenvalue weighted by molar-refractivity contribution is 5.53. The second kappa shape index (κ2) is 5.35. The fraction of sp³-hybridized carbons (Fsp3) is 0.333. The van der Waals surface area contributed by atoms with Gasteiger partial charge < -0.3 is 18.9 Å². The van der Waals surface area contributed by atoms with Gasteiger partial charge in [0.15, 0.2) is 23.0 Å². The van der Waals surface area contributed by atoms with Gasteiger partial charge in [-0.3, -0.25) is 4.90 Å². The highest BCUT2D eigenvalue weighted by Gasteiger charge is 2.25. The molecule has 1 atom stereocenters. The molecule has 2 aliphatic heterocycles. The summed E-state index contributed by atoms with van der Waals surface area (Å²) in [6, 6.07) is 10.3. The molecule has 0 saturated heterocycles. The Labute approximate surface area is 135 Å². The molecule has 0 saturated carbocycles. The van der Waals surface area contributed by atoms with Gasteiger partial charge in [0, 0.05) is 0 Å². The van der Waals surface area contributed by atoms with Crippen LogP contribution >= 0.6 is 0 Å². The fourth-order valence-electron chi connectivity index (χ4n) is 3.19. The van der Waals surface area contributed by atoms with E-state index in [-0.39, 0.29) is 19.6 Å². The van der Waals surface area contributed by atoms with E-state index >= 15 is 0 Å². The highest BCUT2D eigenvalue weighted by atomic mass is 16.7. The number of nitrogens with zero attached hydrogens (tertiary/aromatic N) is 1. The van der Waals surface area contributed by atoms with Gasteiger partial charge in [-0.05, 0) is 62.0 Å². The number of fused-ring (bicyclic) bond motifs is 2. The van der Waals surface area contributed by atoms with Crippen molar-refractivity contribution < 1.29 is 18.9 Å². The van der Waals surface area contributed by atoms with Gasteiger partial charge in [-0.1, -0.05) is 6.07 Å². The van der Waals surface area contributed by atoms with Gasteiger partial charge in [-0.2, -0.15) is 0 Å². The Kier molecular flexibility index (Phi) is 3.31. The van der Waals surface area contributed by atoms with E-state index in [0.717, 1.165) is 28.6 Å². The number of ether oxygens (including phenoxy) is 4. The fourth-order valence-corrected chi connectivity index (χ4v) is 3.19. The lowest BCUT2D eigenvalue weighted by atomic mass is 9.93. The van der Waals surface area contributed by atoms with E-state index < -0.39 is 0 Å². The third-order valence-corrected chi connectivity index (χ3v) is 4.28. The third-order valence-electron chi connectivity index (χ3n) is 4.28. The second-order valence-corrected chi connectivity index (χ2v) is 6.04. The van der Waals surface area contributed by atoms with Gasteiger partial charge in [-0.25, -0.2) is 0 Å². The van der Waals surface area contributed by atoms with Crippen LogP contribution in [0.2, 0.25) is 0 Å². The molecular formula is C18H19NO4. The lowest BCUT2D eigenvalue weighted by Crippen LogP contribution is -2.22. The molecule has 0 aliphatic carbocycles. The van der Waals surface area contributed by atoms with Crippen LogP contribution in [-0.2, 0) is 0 Å². The molecule has 0 unspecified atom stereocenters. The topological polar surface area (TPSA) is 40.2 Å². The first-order valence-electron chi connectivity index (χ1n) is 7.59. The van der Waals surface area contributed by atoms with Crippen LogP contribution in [0.5, 0.6) is 23.0 Å². The molecule has 0 N–H and O–H groups in total. The molecule has 2 aliphatic rings. The predicted octanol–water partition coefficient (Wildman–Crippen LogP) is 3.10. The number of hydrogen-bond donors (Lipinski definition) is 0. The standard InChI is InChI=1S/C18H19NO4/c1-11-6-15-17(23-10-21-15)8-13(11)18(19(2)3)12-4-5-14-16(7-12)22-9-20-14/h4-8,18H,9-10H2,1-3H3/t18-/m0/s1. The summed E-state index contributed by atoms with van der Waals surface area (Å²) in [5.41, 5.74) is 3.52. The van der Waals surface area contributed by atoms with Crippen molar-refractivity contribution in [3.05, 3.63) is 47.0 Å². The molecule has 5 heteroatoms. The Hall–Kier alpha value is -2.40. The number of rotatable bonds is 3. The summed E-state index contributed by atoms with van der Waals surface area (Å²) in [5.74, 6) is 3.22. The van der Waals surface area contributed by atoms with E-state index in [1.807, 2.05) is 12.1 Å². The van der Waals surface area contributed by atoms with Crippen LogP contribution in [-0.4, -0.2) is 32.6 Å². The van der Waals surface area contributed by atoms with Crippen LogP contribution in [0.25, 0.3) is 0 Å². The zero-order chi connectivity index (χ0) is 16.0. The summed E-state index contributed by atoms with van der Waals surface area (Å²) < 4.78 is 22.0. The van der Waals surface area contributed by atoms with Gasteiger partial charge in [0.1, 0.15) is 0 Å². The van der Waals surface area contributed by atoms with Gasteiger partial charge in [0.2, 0.25) is 13.6 Å². The van der Waals surface area contributed by atoms with Crippen molar-refractivity contribution in [1.82, 2.24) is 4.90 Å². The van der Waals surface area contributed by atoms with Crippen molar-refractivity contribution in [3.63, 3.8) is 0 Å². The van der Waals surface area contributed by atoms with Gasteiger partial charge in [0.05, 0.1) is 6.04 Å². The number of aryl methyl sites for hydroxylation is 1. The highest BCUT2D eigenvalue weighted by Crippen LogP contribution is 2.41. The molecular weight excluding hydrogens is 294 g/mol. The Balaban J connectivity index is 1.80. The number of benzene rings is 2. The van der Waals surface area contributed by atoms with E-state index in [4.69, 9.17) is 18.9 Å². The summed E-state index contributed by atoms with van der Waals surface area (Å²) >= 11 is 0. The summed E-state index contributed by atoms with van der Waals surface area (Å²) in [6.45, 7) is 2.67. The average Bonchev–Trinajstić information content (AvgIpc) is 3.15. The second-order valence-electron chi connectivity index (χ2n) is 6.04. The molecule has 2 aromatic carbocycles. The van der Waals surface area contributed by atoms with Crippen LogP contribution < -0.4 is 18.9 Å².